The van der Waals surface area contributed by atoms with Crippen molar-refractivity contribution in [1.82, 2.24) is 5.48 Å². The number of hydrogen-bond donors (Lipinski definition) is 1. The van der Waals surface area contributed by atoms with E-state index in [1.807, 2.05) is 13.8 Å². The summed E-state index contributed by atoms with van der Waals surface area (Å²) in [5.74, 6) is 0.764. The van der Waals surface area contributed by atoms with E-state index in [1.54, 1.807) is 0 Å². The molecule has 56 valence electrons. The maximum absolute atomic E-state index is 4.90. The van der Waals surface area contributed by atoms with Gasteiger partial charge in [0, 0.05) is 6.54 Å². The van der Waals surface area contributed by atoms with Gasteiger partial charge in [-0.3, -0.25) is 0 Å². The van der Waals surface area contributed by atoms with E-state index >= 15 is 0 Å². The second kappa shape index (κ2) is 6.05. The van der Waals surface area contributed by atoms with E-state index in [-0.39, 0.29) is 0 Å². The molecule has 2 nitrogen and oxygen atoms in total. The molecule has 1 atom stereocenters. The lowest BCUT2D eigenvalue weighted by atomic mass is 10.1. The summed E-state index contributed by atoms with van der Waals surface area (Å²) in [6.45, 7) is 8.12. The zero-order chi connectivity index (χ0) is 7.11. The molecule has 1 unspecified atom stereocenters. The summed E-state index contributed by atoms with van der Waals surface area (Å²) in [5.41, 5.74) is 2.82. The van der Waals surface area contributed by atoms with Gasteiger partial charge in [0.25, 0.3) is 0 Å². The molecule has 0 spiro atoms. The van der Waals surface area contributed by atoms with Crippen LogP contribution in [0.4, 0.5) is 0 Å². The maximum atomic E-state index is 4.90. The summed E-state index contributed by atoms with van der Waals surface area (Å²) in [7, 11) is 0. The van der Waals surface area contributed by atoms with Crippen LogP contribution in [0.2, 0.25) is 0 Å². The quantitative estimate of drug-likeness (QED) is 0.583. The summed E-state index contributed by atoms with van der Waals surface area (Å²) in [6.07, 6.45) is 1.23. The topological polar surface area (TPSA) is 21.3 Å². The fraction of sp³-hybridized carbons (Fsp3) is 1.00. The lowest BCUT2D eigenvalue weighted by molar-refractivity contribution is 0.0969. The highest BCUT2D eigenvalue weighted by Gasteiger charge is 2.11. The smallest absolute Gasteiger partial charge is 0.0723 e. The van der Waals surface area contributed by atoms with Gasteiger partial charge in [-0.25, -0.2) is 5.48 Å². The molecule has 2 heteroatoms. The number of hydrogen-bond acceptors (Lipinski definition) is 2. The van der Waals surface area contributed by atoms with Gasteiger partial charge in [-0.2, -0.15) is 0 Å². The molecule has 1 aliphatic rings. The molecule has 1 N–H and O–H groups in total. The largest absolute Gasteiger partial charge is 0.301 e. The van der Waals surface area contributed by atoms with Crippen LogP contribution < -0.4 is 5.48 Å². The van der Waals surface area contributed by atoms with Gasteiger partial charge in [0.05, 0.1) is 6.61 Å². The minimum Gasteiger partial charge on any atom is -0.301 e. The summed E-state index contributed by atoms with van der Waals surface area (Å²) < 4.78 is 0. The van der Waals surface area contributed by atoms with E-state index in [2.05, 4.69) is 12.4 Å². The molecule has 9 heavy (non-hydrogen) atoms. The molecule has 1 fully saturated rings. The van der Waals surface area contributed by atoms with Crippen molar-refractivity contribution in [2.24, 2.45) is 5.92 Å². The first-order valence-electron chi connectivity index (χ1n) is 3.78. The van der Waals surface area contributed by atoms with Gasteiger partial charge in [-0.1, -0.05) is 20.8 Å². The Balaban J connectivity index is 0.000000291. The van der Waals surface area contributed by atoms with Crippen molar-refractivity contribution < 1.29 is 4.84 Å². The van der Waals surface area contributed by atoms with E-state index in [9.17, 15) is 0 Å². The van der Waals surface area contributed by atoms with Gasteiger partial charge in [0.15, 0.2) is 0 Å². The fourth-order valence-corrected chi connectivity index (χ4v) is 0.675. The van der Waals surface area contributed by atoms with Crippen molar-refractivity contribution in [1.29, 1.82) is 0 Å². The Morgan fingerprint density at radius 2 is 2.22 bits per heavy atom. The average Bonchev–Trinajstić information content (AvgIpc) is 2.43. The first kappa shape index (κ1) is 8.92. The molecule has 1 heterocycles. The van der Waals surface area contributed by atoms with Crippen molar-refractivity contribution in [2.45, 2.75) is 27.2 Å². The van der Waals surface area contributed by atoms with Crippen LogP contribution in [0.1, 0.15) is 27.2 Å². The van der Waals surface area contributed by atoms with Crippen LogP contribution in [0.5, 0.6) is 0 Å². The maximum Gasteiger partial charge on any atom is 0.0723 e. The third kappa shape index (κ3) is 3.49. The van der Waals surface area contributed by atoms with E-state index in [4.69, 9.17) is 4.84 Å². The molecule has 0 aromatic rings. The Hall–Kier alpha value is -0.0800. The molecular weight excluding hydrogens is 114 g/mol. The predicted molar refractivity (Wildman–Crippen MR) is 39.1 cm³/mol. The third-order valence-electron chi connectivity index (χ3n) is 1.37. The lowest BCUT2D eigenvalue weighted by Gasteiger charge is -1.95. The van der Waals surface area contributed by atoms with Gasteiger partial charge >= 0.3 is 0 Å². The highest BCUT2D eigenvalue weighted by Crippen LogP contribution is 2.04. The fourth-order valence-electron chi connectivity index (χ4n) is 0.675. The van der Waals surface area contributed by atoms with Gasteiger partial charge in [0.1, 0.15) is 0 Å². The van der Waals surface area contributed by atoms with Crippen LogP contribution in [0.3, 0.4) is 0 Å². The summed E-state index contributed by atoms with van der Waals surface area (Å²) in [5, 5.41) is 0. The Morgan fingerprint density at radius 3 is 2.44 bits per heavy atom. The van der Waals surface area contributed by atoms with Crippen molar-refractivity contribution in [3.8, 4) is 0 Å². The highest BCUT2D eigenvalue weighted by atomic mass is 16.7. The van der Waals surface area contributed by atoms with E-state index in [0.29, 0.717) is 0 Å². The molecular formula is C7H17NO. The summed E-state index contributed by atoms with van der Waals surface area (Å²) in [6, 6.07) is 0. The Labute approximate surface area is 57.5 Å². The first-order chi connectivity index (χ1) is 4.43. The molecule has 0 aliphatic carbocycles. The number of hydroxylamine groups is 1. The van der Waals surface area contributed by atoms with E-state index < -0.39 is 0 Å². The van der Waals surface area contributed by atoms with Crippen molar-refractivity contribution in [2.75, 3.05) is 13.2 Å². The Bertz CT molecular complexity index is 50.9. The van der Waals surface area contributed by atoms with Crippen molar-refractivity contribution >= 4 is 0 Å². The minimum absolute atomic E-state index is 0.764. The number of nitrogens with one attached hydrogen (secondary N) is 1. The molecule has 0 bridgehead atoms. The first-order valence-corrected chi connectivity index (χ1v) is 3.78. The average molecular weight is 131 g/mol. The van der Waals surface area contributed by atoms with Crippen LogP contribution in [0.25, 0.3) is 0 Å². The van der Waals surface area contributed by atoms with E-state index in [0.717, 1.165) is 19.1 Å². The monoisotopic (exact) mass is 131 g/mol. The second-order valence-corrected chi connectivity index (χ2v) is 1.93. The molecule has 0 saturated carbocycles. The van der Waals surface area contributed by atoms with Crippen molar-refractivity contribution in [3.63, 3.8) is 0 Å². The van der Waals surface area contributed by atoms with Crippen LogP contribution in [0.15, 0.2) is 0 Å². The lowest BCUT2D eigenvalue weighted by Crippen LogP contribution is -2.06. The highest BCUT2D eigenvalue weighted by molar-refractivity contribution is 4.59. The Morgan fingerprint density at radius 1 is 1.56 bits per heavy atom. The standard InChI is InChI=1S/C5H11NO.C2H6/c1-2-5-3-6-7-4-5;1-2/h5-6H,2-4H2,1H3;1-2H3. The second-order valence-electron chi connectivity index (χ2n) is 1.93. The zero-order valence-electron chi connectivity index (χ0n) is 6.61. The van der Waals surface area contributed by atoms with Crippen LogP contribution in [0, 0.1) is 5.92 Å². The number of rotatable bonds is 1. The molecule has 1 saturated heterocycles. The third-order valence-corrected chi connectivity index (χ3v) is 1.37. The molecule has 1 aliphatic heterocycles. The van der Waals surface area contributed by atoms with Gasteiger partial charge in [-0.05, 0) is 12.3 Å². The van der Waals surface area contributed by atoms with Gasteiger partial charge < -0.3 is 4.84 Å². The van der Waals surface area contributed by atoms with Crippen molar-refractivity contribution in [3.05, 3.63) is 0 Å². The van der Waals surface area contributed by atoms with E-state index in [1.165, 1.54) is 6.42 Å². The molecule has 0 aromatic heterocycles. The minimum atomic E-state index is 0.764. The summed E-state index contributed by atoms with van der Waals surface area (Å²) >= 11 is 0. The molecule has 0 aromatic carbocycles. The molecule has 1 rings (SSSR count). The molecule has 0 amide bonds. The predicted octanol–water partition coefficient (Wildman–Crippen LogP) is 1.57. The summed E-state index contributed by atoms with van der Waals surface area (Å²) in [4.78, 5) is 4.90. The SMILES string of the molecule is CC.CCC1CNOC1. The van der Waals surface area contributed by atoms with Gasteiger partial charge in [-0.15, -0.1) is 0 Å². The normalized spacial score (nSPS) is 25.0. The molecule has 0 radical (unpaired) electrons. The van der Waals surface area contributed by atoms with Crippen LogP contribution in [-0.2, 0) is 4.84 Å². The van der Waals surface area contributed by atoms with Gasteiger partial charge in [0.2, 0.25) is 0 Å². The van der Waals surface area contributed by atoms with Crippen LogP contribution >= 0.6 is 0 Å². The van der Waals surface area contributed by atoms with Crippen LogP contribution in [-0.4, -0.2) is 13.2 Å². The Kier molecular flexibility index (Phi) is 5.99. The zero-order valence-corrected chi connectivity index (χ0v) is 6.61.